The molecule has 1 N–H and O–H groups in total. The van der Waals surface area contributed by atoms with Crippen molar-refractivity contribution in [1.82, 2.24) is 4.98 Å². The number of hydrogen-bond donors (Lipinski definition) is 1. The Morgan fingerprint density at radius 1 is 1.00 bits per heavy atom. The molecule has 0 saturated heterocycles. The van der Waals surface area contributed by atoms with Crippen LogP contribution in [0.4, 0.5) is 13.2 Å². The smallest absolute Gasteiger partial charge is 0.168 e. The summed E-state index contributed by atoms with van der Waals surface area (Å²) in [6, 6.07) is 5.93. The molecule has 17 heavy (non-hydrogen) atoms. The monoisotopic (exact) mass is 239 g/mol. The molecule has 0 spiro atoms. The van der Waals surface area contributed by atoms with Gasteiger partial charge in [-0.05, 0) is 24.3 Å². The van der Waals surface area contributed by atoms with Crippen molar-refractivity contribution in [3.05, 3.63) is 53.5 Å². The number of pyridine rings is 1. The Hall–Kier alpha value is -1.88. The van der Waals surface area contributed by atoms with Gasteiger partial charge in [-0.15, -0.1) is 0 Å². The van der Waals surface area contributed by atoms with Crippen LogP contribution in [0.15, 0.2) is 30.3 Å². The average Bonchev–Trinajstić information content (AvgIpc) is 2.34. The van der Waals surface area contributed by atoms with Gasteiger partial charge in [-0.2, -0.15) is 0 Å². The van der Waals surface area contributed by atoms with E-state index in [1.54, 1.807) is 0 Å². The molecule has 0 aliphatic heterocycles. The number of rotatable bonds is 2. The van der Waals surface area contributed by atoms with E-state index in [2.05, 4.69) is 4.98 Å². The molecule has 0 unspecified atom stereocenters. The molecule has 0 aliphatic rings. The SMILES string of the molecule is OCc1nc(-c2cccc(F)c2F)ccc1F. The molecule has 0 fully saturated rings. The molecule has 0 atom stereocenters. The molecule has 0 amide bonds. The minimum atomic E-state index is -1.05. The van der Waals surface area contributed by atoms with E-state index in [0.29, 0.717) is 0 Å². The van der Waals surface area contributed by atoms with Crippen molar-refractivity contribution in [3.8, 4) is 11.3 Å². The van der Waals surface area contributed by atoms with Gasteiger partial charge in [0.25, 0.3) is 0 Å². The summed E-state index contributed by atoms with van der Waals surface area (Å²) in [5, 5.41) is 8.84. The van der Waals surface area contributed by atoms with Crippen LogP contribution in [0.3, 0.4) is 0 Å². The maximum atomic E-state index is 13.5. The largest absolute Gasteiger partial charge is 0.390 e. The number of hydrogen-bond acceptors (Lipinski definition) is 2. The summed E-state index contributed by atoms with van der Waals surface area (Å²) in [7, 11) is 0. The lowest BCUT2D eigenvalue weighted by atomic mass is 10.1. The molecule has 0 aliphatic carbocycles. The maximum absolute atomic E-state index is 13.5. The number of aliphatic hydroxyl groups excluding tert-OH is 1. The Balaban J connectivity index is 2.57. The van der Waals surface area contributed by atoms with Crippen molar-refractivity contribution in [2.24, 2.45) is 0 Å². The Morgan fingerprint density at radius 2 is 1.76 bits per heavy atom. The number of aromatic nitrogens is 1. The Bertz CT molecular complexity index is 557. The van der Waals surface area contributed by atoms with E-state index in [0.717, 1.165) is 12.1 Å². The van der Waals surface area contributed by atoms with Crippen LogP contribution in [0.2, 0.25) is 0 Å². The van der Waals surface area contributed by atoms with Crippen LogP contribution in [0, 0.1) is 17.5 Å². The average molecular weight is 239 g/mol. The summed E-state index contributed by atoms with van der Waals surface area (Å²) in [5.41, 5.74) is -0.196. The number of benzene rings is 1. The van der Waals surface area contributed by atoms with Crippen molar-refractivity contribution < 1.29 is 18.3 Å². The highest BCUT2D eigenvalue weighted by Gasteiger charge is 2.12. The number of nitrogens with zero attached hydrogens (tertiary/aromatic N) is 1. The van der Waals surface area contributed by atoms with Crippen molar-refractivity contribution in [2.75, 3.05) is 0 Å². The summed E-state index contributed by atoms with van der Waals surface area (Å²) in [5.74, 6) is -2.73. The third-order valence-electron chi connectivity index (χ3n) is 2.30. The van der Waals surface area contributed by atoms with Crippen molar-refractivity contribution >= 4 is 0 Å². The molecule has 2 aromatic rings. The third kappa shape index (κ3) is 2.14. The zero-order valence-electron chi connectivity index (χ0n) is 8.62. The fraction of sp³-hybridized carbons (Fsp3) is 0.0833. The molecule has 0 bridgehead atoms. The molecule has 2 rings (SSSR count). The Kier molecular flexibility index (Phi) is 3.10. The minimum Gasteiger partial charge on any atom is -0.390 e. The predicted octanol–water partition coefficient (Wildman–Crippen LogP) is 2.66. The van der Waals surface area contributed by atoms with Gasteiger partial charge in [0, 0.05) is 5.56 Å². The van der Waals surface area contributed by atoms with E-state index in [4.69, 9.17) is 5.11 Å². The first-order chi connectivity index (χ1) is 8.13. The lowest BCUT2D eigenvalue weighted by Crippen LogP contribution is -1.98. The van der Waals surface area contributed by atoms with E-state index in [-0.39, 0.29) is 17.0 Å². The molecule has 88 valence electrons. The van der Waals surface area contributed by atoms with E-state index >= 15 is 0 Å². The van der Waals surface area contributed by atoms with E-state index in [1.165, 1.54) is 18.2 Å². The maximum Gasteiger partial charge on any atom is 0.168 e. The van der Waals surface area contributed by atoms with E-state index in [9.17, 15) is 13.2 Å². The summed E-state index contributed by atoms with van der Waals surface area (Å²) in [4.78, 5) is 3.73. The fourth-order valence-electron chi connectivity index (χ4n) is 1.45. The van der Waals surface area contributed by atoms with Gasteiger partial charge in [-0.1, -0.05) is 6.07 Å². The van der Waals surface area contributed by atoms with Gasteiger partial charge in [0.15, 0.2) is 11.6 Å². The fourth-order valence-corrected chi connectivity index (χ4v) is 1.45. The summed E-state index contributed by atoms with van der Waals surface area (Å²) >= 11 is 0. The van der Waals surface area contributed by atoms with Gasteiger partial charge >= 0.3 is 0 Å². The van der Waals surface area contributed by atoms with Crippen LogP contribution in [0.5, 0.6) is 0 Å². The van der Waals surface area contributed by atoms with Gasteiger partial charge in [0.2, 0.25) is 0 Å². The van der Waals surface area contributed by atoms with Crippen molar-refractivity contribution in [2.45, 2.75) is 6.61 Å². The van der Waals surface area contributed by atoms with Crippen molar-refractivity contribution in [3.63, 3.8) is 0 Å². The lowest BCUT2D eigenvalue weighted by Gasteiger charge is -2.05. The van der Waals surface area contributed by atoms with Crippen LogP contribution in [0.25, 0.3) is 11.3 Å². The van der Waals surface area contributed by atoms with Crippen LogP contribution < -0.4 is 0 Å². The molecule has 0 radical (unpaired) electrons. The van der Waals surface area contributed by atoms with Crippen LogP contribution in [0.1, 0.15) is 5.69 Å². The quantitative estimate of drug-likeness (QED) is 0.873. The Morgan fingerprint density at radius 3 is 2.47 bits per heavy atom. The topological polar surface area (TPSA) is 33.1 Å². The van der Waals surface area contributed by atoms with Crippen LogP contribution >= 0.6 is 0 Å². The Labute approximate surface area is 95.4 Å². The first kappa shape index (κ1) is 11.6. The van der Waals surface area contributed by atoms with E-state index < -0.39 is 24.1 Å². The van der Waals surface area contributed by atoms with Gasteiger partial charge in [-0.25, -0.2) is 18.2 Å². The van der Waals surface area contributed by atoms with Gasteiger partial charge in [-0.3, -0.25) is 0 Å². The van der Waals surface area contributed by atoms with Gasteiger partial charge in [0.1, 0.15) is 11.5 Å². The number of aliphatic hydroxyl groups is 1. The first-order valence-corrected chi connectivity index (χ1v) is 4.84. The summed E-state index contributed by atoms with van der Waals surface area (Å²) in [6.07, 6.45) is 0. The third-order valence-corrected chi connectivity index (χ3v) is 2.30. The lowest BCUT2D eigenvalue weighted by molar-refractivity contribution is 0.270. The van der Waals surface area contributed by atoms with Crippen molar-refractivity contribution in [1.29, 1.82) is 0 Å². The highest BCUT2D eigenvalue weighted by molar-refractivity contribution is 5.60. The zero-order chi connectivity index (χ0) is 12.4. The second-order valence-electron chi connectivity index (χ2n) is 3.38. The standard InChI is InChI=1S/C12H8F3NO/c13-8-4-5-10(16-11(8)6-17)7-2-1-3-9(14)12(7)15/h1-5,17H,6H2. The molecule has 5 heteroatoms. The molecule has 1 aromatic heterocycles. The van der Waals surface area contributed by atoms with Gasteiger partial charge < -0.3 is 5.11 Å². The highest BCUT2D eigenvalue weighted by Crippen LogP contribution is 2.23. The zero-order valence-corrected chi connectivity index (χ0v) is 8.62. The van der Waals surface area contributed by atoms with Crippen LogP contribution in [-0.4, -0.2) is 10.1 Å². The van der Waals surface area contributed by atoms with Crippen LogP contribution in [-0.2, 0) is 6.61 Å². The second-order valence-corrected chi connectivity index (χ2v) is 3.38. The van der Waals surface area contributed by atoms with Gasteiger partial charge in [0.05, 0.1) is 12.3 Å². The summed E-state index contributed by atoms with van der Waals surface area (Å²) < 4.78 is 39.5. The highest BCUT2D eigenvalue weighted by atomic mass is 19.2. The first-order valence-electron chi connectivity index (χ1n) is 4.84. The normalized spacial score (nSPS) is 10.6. The molecule has 1 heterocycles. The second kappa shape index (κ2) is 4.55. The molecule has 2 nitrogen and oxygen atoms in total. The summed E-state index contributed by atoms with van der Waals surface area (Å²) in [6.45, 7) is -0.601. The molecule has 0 saturated carbocycles. The number of halogens is 3. The predicted molar refractivity (Wildman–Crippen MR) is 55.5 cm³/mol. The minimum absolute atomic E-state index is 0.0697. The molecule has 1 aromatic carbocycles. The van der Waals surface area contributed by atoms with E-state index in [1.807, 2.05) is 0 Å². The molecular weight excluding hydrogens is 231 g/mol. The molecular formula is C12H8F3NO.